The summed E-state index contributed by atoms with van der Waals surface area (Å²) in [5.41, 5.74) is 2.64. The van der Waals surface area contributed by atoms with E-state index in [4.69, 9.17) is 9.47 Å². The van der Waals surface area contributed by atoms with Gasteiger partial charge in [0.15, 0.2) is 11.5 Å². The SMILES string of the molecule is Cc1cc(OC(=O)c2ccccc2)c(OC(=O)c2ccccc2)cc1C(C)(C)C. The van der Waals surface area contributed by atoms with Crippen molar-refractivity contribution in [2.75, 3.05) is 0 Å². The van der Waals surface area contributed by atoms with Crippen molar-refractivity contribution in [3.8, 4) is 11.5 Å². The van der Waals surface area contributed by atoms with Crippen molar-refractivity contribution in [2.45, 2.75) is 33.1 Å². The molecule has 0 saturated heterocycles. The van der Waals surface area contributed by atoms with Crippen molar-refractivity contribution in [1.29, 1.82) is 0 Å². The van der Waals surface area contributed by atoms with Crippen molar-refractivity contribution in [2.24, 2.45) is 0 Å². The molecule has 0 aromatic heterocycles. The average Bonchev–Trinajstić information content (AvgIpc) is 2.70. The molecule has 148 valence electrons. The molecule has 0 amide bonds. The monoisotopic (exact) mass is 388 g/mol. The van der Waals surface area contributed by atoms with E-state index in [9.17, 15) is 9.59 Å². The molecule has 0 N–H and O–H groups in total. The summed E-state index contributed by atoms with van der Waals surface area (Å²) in [6.45, 7) is 8.18. The first-order valence-electron chi connectivity index (χ1n) is 9.45. The summed E-state index contributed by atoms with van der Waals surface area (Å²) in [7, 11) is 0. The van der Waals surface area contributed by atoms with Gasteiger partial charge in [-0.3, -0.25) is 0 Å². The molecule has 4 heteroatoms. The summed E-state index contributed by atoms with van der Waals surface area (Å²) in [5, 5.41) is 0. The van der Waals surface area contributed by atoms with Crippen LogP contribution in [0, 0.1) is 6.92 Å². The third-order valence-corrected chi connectivity index (χ3v) is 4.52. The van der Waals surface area contributed by atoms with Gasteiger partial charge in [0.05, 0.1) is 11.1 Å². The molecule has 0 heterocycles. The maximum Gasteiger partial charge on any atom is 0.343 e. The van der Waals surface area contributed by atoms with Crippen LogP contribution in [0.4, 0.5) is 0 Å². The molecule has 3 rings (SSSR count). The minimum Gasteiger partial charge on any atom is -0.419 e. The first kappa shape index (κ1) is 20.3. The molecular weight excluding hydrogens is 364 g/mol. The lowest BCUT2D eigenvalue weighted by Crippen LogP contribution is -2.17. The van der Waals surface area contributed by atoms with Crippen LogP contribution in [0.2, 0.25) is 0 Å². The number of aryl methyl sites for hydroxylation is 1. The quantitative estimate of drug-likeness (QED) is 0.423. The summed E-state index contributed by atoms with van der Waals surface area (Å²) in [6, 6.07) is 20.9. The fourth-order valence-corrected chi connectivity index (χ4v) is 3.10. The van der Waals surface area contributed by atoms with Gasteiger partial charge in [-0.2, -0.15) is 0 Å². The maximum atomic E-state index is 12.6. The molecule has 3 aromatic carbocycles. The predicted octanol–water partition coefficient (Wildman–Crippen LogP) is 5.73. The number of carbonyl (C=O) groups is 2. The molecule has 4 nitrogen and oxygen atoms in total. The zero-order chi connectivity index (χ0) is 21.0. The molecule has 0 aliphatic rings. The van der Waals surface area contributed by atoms with Crippen LogP contribution in [-0.2, 0) is 5.41 Å². The van der Waals surface area contributed by atoms with Crippen molar-refractivity contribution in [1.82, 2.24) is 0 Å². The predicted molar refractivity (Wildman–Crippen MR) is 113 cm³/mol. The lowest BCUT2D eigenvalue weighted by Gasteiger charge is -2.23. The number of esters is 2. The Morgan fingerprint density at radius 3 is 1.52 bits per heavy atom. The van der Waals surface area contributed by atoms with Crippen LogP contribution in [0.25, 0.3) is 0 Å². The number of benzene rings is 3. The van der Waals surface area contributed by atoms with Gasteiger partial charge in [0.25, 0.3) is 0 Å². The molecule has 0 fully saturated rings. The highest BCUT2D eigenvalue weighted by atomic mass is 16.6. The van der Waals surface area contributed by atoms with Gasteiger partial charge < -0.3 is 9.47 Å². The maximum absolute atomic E-state index is 12.6. The van der Waals surface area contributed by atoms with E-state index in [2.05, 4.69) is 20.8 Å². The van der Waals surface area contributed by atoms with Crippen molar-refractivity contribution in [3.05, 3.63) is 95.1 Å². The number of carbonyl (C=O) groups excluding carboxylic acids is 2. The Morgan fingerprint density at radius 2 is 1.10 bits per heavy atom. The topological polar surface area (TPSA) is 52.6 Å². The largest absolute Gasteiger partial charge is 0.419 e. The van der Waals surface area contributed by atoms with Gasteiger partial charge in [0, 0.05) is 0 Å². The van der Waals surface area contributed by atoms with E-state index in [1.54, 1.807) is 60.7 Å². The zero-order valence-corrected chi connectivity index (χ0v) is 17.1. The molecule has 29 heavy (non-hydrogen) atoms. The number of hydrogen-bond donors (Lipinski definition) is 0. The van der Waals surface area contributed by atoms with E-state index < -0.39 is 11.9 Å². The fourth-order valence-electron chi connectivity index (χ4n) is 3.10. The van der Waals surface area contributed by atoms with E-state index in [1.807, 2.05) is 19.1 Å². The molecule has 0 spiro atoms. The van der Waals surface area contributed by atoms with Crippen LogP contribution >= 0.6 is 0 Å². The Labute approximate surface area is 171 Å². The standard InChI is InChI=1S/C25H24O4/c1-17-15-21(28-23(26)18-11-7-5-8-12-18)22(16-20(17)25(2,3)4)29-24(27)19-13-9-6-10-14-19/h5-16H,1-4H3. The lowest BCUT2D eigenvalue weighted by atomic mass is 9.84. The highest BCUT2D eigenvalue weighted by molar-refractivity contribution is 5.93. The van der Waals surface area contributed by atoms with Gasteiger partial charge in [-0.05, 0) is 59.9 Å². The normalized spacial score (nSPS) is 11.0. The molecule has 3 aromatic rings. The van der Waals surface area contributed by atoms with Gasteiger partial charge in [-0.25, -0.2) is 9.59 Å². The zero-order valence-electron chi connectivity index (χ0n) is 17.1. The highest BCUT2D eigenvalue weighted by Crippen LogP contribution is 2.37. The van der Waals surface area contributed by atoms with Crippen molar-refractivity contribution >= 4 is 11.9 Å². The van der Waals surface area contributed by atoms with E-state index >= 15 is 0 Å². The molecule has 0 unspecified atom stereocenters. The molecule has 0 radical (unpaired) electrons. The summed E-state index contributed by atoms with van der Waals surface area (Å²) in [5.74, 6) is -0.580. The lowest BCUT2D eigenvalue weighted by molar-refractivity contribution is 0.0682. The summed E-state index contributed by atoms with van der Waals surface area (Å²) >= 11 is 0. The Morgan fingerprint density at radius 1 is 0.690 bits per heavy atom. The summed E-state index contributed by atoms with van der Waals surface area (Å²) < 4.78 is 11.2. The first-order chi connectivity index (χ1) is 13.8. The van der Waals surface area contributed by atoms with E-state index in [0.29, 0.717) is 11.1 Å². The van der Waals surface area contributed by atoms with E-state index in [-0.39, 0.29) is 16.9 Å². The van der Waals surface area contributed by atoms with Gasteiger partial charge >= 0.3 is 11.9 Å². The van der Waals surface area contributed by atoms with Gasteiger partial charge in [0.1, 0.15) is 0 Å². The van der Waals surface area contributed by atoms with Gasteiger partial charge in [-0.1, -0.05) is 57.2 Å². The Hall–Kier alpha value is -3.40. The van der Waals surface area contributed by atoms with Gasteiger partial charge in [-0.15, -0.1) is 0 Å². The third kappa shape index (κ3) is 4.91. The average molecular weight is 388 g/mol. The molecular formula is C25H24O4. The Bertz CT molecular complexity index is 1020. The third-order valence-electron chi connectivity index (χ3n) is 4.52. The van der Waals surface area contributed by atoms with Gasteiger partial charge in [0.2, 0.25) is 0 Å². The second-order valence-electron chi connectivity index (χ2n) is 7.87. The minimum absolute atomic E-state index is 0.167. The van der Waals surface area contributed by atoms with Crippen LogP contribution < -0.4 is 9.47 Å². The van der Waals surface area contributed by atoms with Crippen LogP contribution in [0.3, 0.4) is 0 Å². The van der Waals surface area contributed by atoms with Crippen LogP contribution in [0.5, 0.6) is 11.5 Å². The van der Waals surface area contributed by atoms with Crippen LogP contribution in [0.15, 0.2) is 72.8 Å². The molecule has 0 aliphatic carbocycles. The van der Waals surface area contributed by atoms with Crippen molar-refractivity contribution < 1.29 is 19.1 Å². The highest BCUT2D eigenvalue weighted by Gasteiger charge is 2.23. The first-order valence-corrected chi connectivity index (χ1v) is 9.45. The molecule has 0 bridgehead atoms. The van der Waals surface area contributed by atoms with E-state index in [0.717, 1.165) is 11.1 Å². The smallest absolute Gasteiger partial charge is 0.343 e. The Balaban J connectivity index is 1.99. The summed E-state index contributed by atoms with van der Waals surface area (Å²) in [6.07, 6.45) is 0. The van der Waals surface area contributed by atoms with Crippen molar-refractivity contribution in [3.63, 3.8) is 0 Å². The molecule has 0 atom stereocenters. The van der Waals surface area contributed by atoms with Crippen LogP contribution in [0.1, 0.15) is 52.6 Å². The molecule has 0 aliphatic heterocycles. The van der Waals surface area contributed by atoms with Crippen LogP contribution in [-0.4, -0.2) is 11.9 Å². The minimum atomic E-state index is -0.509. The number of ether oxygens (including phenoxy) is 2. The Kier molecular flexibility index (Phi) is 5.83. The second kappa shape index (κ2) is 8.31. The van der Waals surface area contributed by atoms with E-state index in [1.165, 1.54) is 0 Å². The fraction of sp³-hybridized carbons (Fsp3) is 0.200. The summed E-state index contributed by atoms with van der Waals surface area (Å²) in [4.78, 5) is 25.2. The number of hydrogen-bond acceptors (Lipinski definition) is 4. The molecule has 0 saturated carbocycles. The number of rotatable bonds is 4. The second-order valence-corrected chi connectivity index (χ2v) is 7.87.